The number of nitrogens with two attached hydrogens (primary N) is 1. The minimum absolute atomic E-state index is 0.0127. The number of carbonyl (C=O) groups is 1. The number of carbonyl (C=O) groups excluding carboxylic acids is 1. The molecule has 0 heterocycles. The molecule has 0 aliphatic rings. The molecule has 0 radical (unpaired) electrons. The van der Waals surface area contributed by atoms with Crippen LogP contribution in [0.15, 0.2) is 30.3 Å². The maximum Gasteiger partial charge on any atom is 0.398 e. The zero-order chi connectivity index (χ0) is 11.3. The van der Waals surface area contributed by atoms with E-state index in [1.807, 2.05) is 6.07 Å². The number of rotatable bonds is 4. The third kappa shape index (κ3) is 3.35. The Bertz CT molecular complexity index is 352. The van der Waals surface area contributed by atoms with Crippen LogP contribution < -0.4 is 5.73 Å². The highest BCUT2D eigenvalue weighted by Gasteiger charge is 2.25. The monoisotopic (exact) mass is 210 g/mol. The van der Waals surface area contributed by atoms with Crippen LogP contribution in [0.2, 0.25) is 0 Å². The lowest BCUT2D eigenvalue weighted by atomic mass is 10.2. The van der Waals surface area contributed by atoms with Crippen LogP contribution >= 0.6 is 0 Å². The molecule has 1 atom stereocenters. The molecule has 15 heavy (non-hydrogen) atoms. The van der Waals surface area contributed by atoms with Gasteiger partial charge in [0, 0.05) is 0 Å². The van der Waals surface area contributed by atoms with Gasteiger partial charge >= 0.3 is 12.1 Å². The van der Waals surface area contributed by atoms with E-state index in [0.29, 0.717) is 0 Å². The van der Waals surface area contributed by atoms with Crippen molar-refractivity contribution < 1.29 is 14.5 Å². The topological polar surface area (TPSA) is 95.5 Å². The standard InChI is InChI=1S/C9H10N2O4/c10-8(11(13)14)9(12)15-6-7-4-2-1-3-5-7/h1-5,8H,6,10H2. The molecule has 0 aromatic heterocycles. The summed E-state index contributed by atoms with van der Waals surface area (Å²) in [6, 6.07) is 8.84. The molecule has 0 aliphatic heterocycles. The van der Waals surface area contributed by atoms with Crippen LogP contribution in [0.25, 0.3) is 0 Å². The number of benzene rings is 1. The van der Waals surface area contributed by atoms with Gasteiger partial charge < -0.3 is 4.74 Å². The Morgan fingerprint density at radius 1 is 1.47 bits per heavy atom. The maximum atomic E-state index is 11.0. The van der Waals surface area contributed by atoms with E-state index >= 15 is 0 Å². The van der Waals surface area contributed by atoms with Crippen LogP contribution in [0.5, 0.6) is 0 Å². The van der Waals surface area contributed by atoms with Gasteiger partial charge in [-0.1, -0.05) is 30.3 Å². The number of esters is 1. The van der Waals surface area contributed by atoms with Gasteiger partial charge in [-0.2, -0.15) is 0 Å². The van der Waals surface area contributed by atoms with Crippen molar-refractivity contribution in [2.45, 2.75) is 12.8 Å². The van der Waals surface area contributed by atoms with E-state index in [1.165, 1.54) is 0 Å². The Kier molecular flexibility index (Phi) is 3.75. The van der Waals surface area contributed by atoms with Crippen LogP contribution in [-0.4, -0.2) is 17.1 Å². The Hall–Kier alpha value is -1.95. The first-order valence-electron chi connectivity index (χ1n) is 4.21. The molecule has 0 bridgehead atoms. The van der Waals surface area contributed by atoms with Gasteiger partial charge in [-0.05, 0) is 5.56 Å². The molecule has 0 saturated carbocycles. The molecule has 1 unspecified atom stereocenters. The third-order valence-electron chi connectivity index (χ3n) is 1.69. The first kappa shape index (κ1) is 11.1. The molecular formula is C9H10N2O4. The quantitative estimate of drug-likeness (QED) is 0.333. The average molecular weight is 210 g/mol. The van der Waals surface area contributed by atoms with Gasteiger partial charge in [0.1, 0.15) is 6.61 Å². The molecule has 1 rings (SSSR count). The average Bonchev–Trinajstić information content (AvgIpc) is 2.26. The number of hydrogen-bond acceptors (Lipinski definition) is 5. The lowest BCUT2D eigenvalue weighted by Gasteiger charge is -2.05. The molecule has 6 heteroatoms. The van der Waals surface area contributed by atoms with Crippen LogP contribution in [0.1, 0.15) is 5.56 Å². The normalized spacial score (nSPS) is 11.8. The minimum Gasteiger partial charge on any atom is -0.455 e. The number of hydrogen-bond donors (Lipinski definition) is 1. The summed E-state index contributed by atoms with van der Waals surface area (Å²) in [7, 11) is 0. The second kappa shape index (κ2) is 5.06. The van der Waals surface area contributed by atoms with Crippen LogP contribution in [0.4, 0.5) is 0 Å². The van der Waals surface area contributed by atoms with Crippen molar-refractivity contribution in [3.05, 3.63) is 46.0 Å². The Labute approximate surface area is 85.8 Å². The highest BCUT2D eigenvalue weighted by Crippen LogP contribution is 2.01. The first-order valence-corrected chi connectivity index (χ1v) is 4.21. The summed E-state index contributed by atoms with van der Waals surface area (Å²) in [6.07, 6.45) is -1.81. The fourth-order valence-electron chi connectivity index (χ4n) is 0.900. The van der Waals surface area contributed by atoms with Crippen molar-refractivity contribution in [1.82, 2.24) is 0 Å². The summed E-state index contributed by atoms with van der Waals surface area (Å²) in [4.78, 5) is 20.2. The SMILES string of the molecule is NC(C(=O)OCc1ccccc1)[N+](=O)[O-]. The van der Waals surface area contributed by atoms with Crippen LogP contribution in [-0.2, 0) is 16.1 Å². The molecular weight excluding hydrogens is 200 g/mol. The van der Waals surface area contributed by atoms with E-state index in [1.54, 1.807) is 24.3 Å². The lowest BCUT2D eigenvalue weighted by molar-refractivity contribution is -0.509. The number of nitro groups is 1. The molecule has 0 aliphatic carbocycles. The Balaban J connectivity index is 2.44. The summed E-state index contributed by atoms with van der Waals surface area (Å²) in [5.74, 6) is -1.04. The molecule has 80 valence electrons. The minimum atomic E-state index is -1.81. The van der Waals surface area contributed by atoms with E-state index in [-0.39, 0.29) is 6.61 Å². The van der Waals surface area contributed by atoms with Gasteiger partial charge in [0.05, 0.1) is 4.92 Å². The highest BCUT2D eigenvalue weighted by atomic mass is 16.6. The summed E-state index contributed by atoms with van der Waals surface area (Å²) < 4.78 is 4.65. The Morgan fingerprint density at radius 3 is 2.60 bits per heavy atom. The second-order valence-corrected chi connectivity index (χ2v) is 2.82. The van der Waals surface area contributed by atoms with Gasteiger partial charge in [-0.25, -0.2) is 4.79 Å². The smallest absolute Gasteiger partial charge is 0.398 e. The van der Waals surface area contributed by atoms with E-state index in [4.69, 9.17) is 5.73 Å². The van der Waals surface area contributed by atoms with E-state index in [2.05, 4.69) is 4.74 Å². The van der Waals surface area contributed by atoms with E-state index in [0.717, 1.165) is 5.56 Å². The predicted octanol–water partition coefficient (Wildman–Crippen LogP) is 0.291. The first-order chi connectivity index (χ1) is 7.11. The van der Waals surface area contributed by atoms with Crippen LogP contribution in [0, 0.1) is 10.1 Å². The van der Waals surface area contributed by atoms with Crippen LogP contribution in [0.3, 0.4) is 0 Å². The number of nitrogens with zero attached hydrogens (tertiary/aromatic N) is 1. The molecule has 0 amide bonds. The van der Waals surface area contributed by atoms with Crippen molar-refractivity contribution in [3.8, 4) is 0 Å². The van der Waals surface area contributed by atoms with Gasteiger partial charge in [0.2, 0.25) is 0 Å². The zero-order valence-corrected chi connectivity index (χ0v) is 7.83. The van der Waals surface area contributed by atoms with E-state index < -0.39 is 17.1 Å². The molecule has 1 aromatic carbocycles. The summed E-state index contributed by atoms with van der Waals surface area (Å²) in [6.45, 7) is -0.0127. The molecule has 0 fully saturated rings. The van der Waals surface area contributed by atoms with Crippen molar-refractivity contribution >= 4 is 5.97 Å². The van der Waals surface area contributed by atoms with Crippen molar-refractivity contribution in [2.75, 3.05) is 0 Å². The van der Waals surface area contributed by atoms with Gasteiger partial charge in [-0.3, -0.25) is 15.8 Å². The van der Waals surface area contributed by atoms with Gasteiger partial charge in [0.15, 0.2) is 0 Å². The molecule has 1 aromatic rings. The van der Waals surface area contributed by atoms with Gasteiger partial charge in [-0.15, -0.1) is 0 Å². The molecule has 0 spiro atoms. The second-order valence-electron chi connectivity index (χ2n) is 2.82. The maximum absolute atomic E-state index is 11.0. The van der Waals surface area contributed by atoms with Gasteiger partial charge in [0.25, 0.3) is 0 Å². The Morgan fingerprint density at radius 2 is 2.07 bits per heavy atom. The molecule has 2 N–H and O–H groups in total. The van der Waals surface area contributed by atoms with Crippen molar-refractivity contribution in [2.24, 2.45) is 5.73 Å². The summed E-state index contributed by atoms with van der Waals surface area (Å²) >= 11 is 0. The highest BCUT2D eigenvalue weighted by molar-refractivity contribution is 5.73. The van der Waals surface area contributed by atoms with Crippen molar-refractivity contribution in [1.29, 1.82) is 0 Å². The largest absolute Gasteiger partial charge is 0.455 e. The third-order valence-corrected chi connectivity index (χ3v) is 1.69. The number of ether oxygens (including phenoxy) is 1. The molecule has 6 nitrogen and oxygen atoms in total. The van der Waals surface area contributed by atoms with Crippen molar-refractivity contribution in [3.63, 3.8) is 0 Å². The molecule has 0 saturated heterocycles. The summed E-state index contributed by atoms with van der Waals surface area (Å²) in [5.41, 5.74) is 5.70. The predicted molar refractivity (Wildman–Crippen MR) is 51.2 cm³/mol. The van der Waals surface area contributed by atoms with E-state index in [9.17, 15) is 14.9 Å². The fraction of sp³-hybridized carbons (Fsp3) is 0.222. The summed E-state index contributed by atoms with van der Waals surface area (Å²) in [5, 5.41) is 10.1. The fourth-order valence-corrected chi connectivity index (χ4v) is 0.900. The lowest BCUT2D eigenvalue weighted by Crippen LogP contribution is -2.39. The zero-order valence-electron chi connectivity index (χ0n) is 7.83.